The van der Waals surface area contributed by atoms with Crippen molar-refractivity contribution in [1.29, 1.82) is 0 Å². The summed E-state index contributed by atoms with van der Waals surface area (Å²) in [7, 11) is -0.269. The number of benzene rings is 5. The number of hydrogen-bond acceptors (Lipinski definition) is 2. The van der Waals surface area contributed by atoms with Crippen LogP contribution in [0.2, 0.25) is 0 Å². The summed E-state index contributed by atoms with van der Waals surface area (Å²) in [6, 6.07) is 49.4. The van der Waals surface area contributed by atoms with E-state index in [4.69, 9.17) is 9.47 Å². The van der Waals surface area contributed by atoms with Crippen LogP contribution in [-0.2, 0) is 12.8 Å². The van der Waals surface area contributed by atoms with Crippen LogP contribution < -0.4 is 37.8 Å². The van der Waals surface area contributed by atoms with E-state index in [1.807, 2.05) is 24.3 Å². The van der Waals surface area contributed by atoms with E-state index in [0.717, 1.165) is 23.2 Å². The smallest absolute Gasteiger partial charge is 0.161 e. The zero-order valence-electron chi connectivity index (χ0n) is 20.8. The lowest BCUT2D eigenvalue weighted by molar-refractivity contribution is -0.00000759. The largest absolute Gasteiger partial charge is 1.00 e. The van der Waals surface area contributed by atoms with Gasteiger partial charge in [0.1, 0.15) is 29.8 Å². The van der Waals surface area contributed by atoms with Crippen LogP contribution in [0.4, 0.5) is 0 Å². The molecule has 5 rings (SSSR count). The van der Waals surface area contributed by atoms with Crippen LogP contribution >= 0.6 is 7.26 Å². The van der Waals surface area contributed by atoms with Gasteiger partial charge in [0.2, 0.25) is 0 Å². The Balaban J connectivity index is 0.00000320. The summed E-state index contributed by atoms with van der Waals surface area (Å²) in [6.07, 6.45) is 0.889. The second kappa shape index (κ2) is 12.6. The van der Waals surface area contributed by atoms with E-state index in [1.165, 1.54) is 21.5 Å². The maximum Gasteiger partial charge on any atom is 0.161 e. The summed E-state index contributed by atoms with van der Waals surface area (Å²) in [5.41, 5.74) is 2.36. The third-order valence-electron chi connectivity index (χ3n) is 6.48. The van der Waals surface area contributed by atoms with E-state index >= 15 is 0 Å². The number of halogens is 1. The Morgan fingerprint density at radius 3 is 1.43 bits per heavy atom. The SMILES string of the molecule is COc1cc(C[P+](c2ccccc2)(c2ccccc2)c2ccccc2)ccc1OCc1ccccc1.[Cl-]. The van der Waals surface area contributed by atoms with Crippen LogP contribution in [0.1, 0.15) is 11.1 Å². The van der Waals surface area contributed by atoms with Gasteiger partial charge in [-0.2, -0.15) is 0 Å². The van der Waals surface area contributed by atoms with Crippen molar-refractivity contribution in [3.63, 3.8) is 0 Å². The van der Waals surface area contributed by atoms with E-state index in [0.29, 0.717) is 6.61 Å². The molecule has 0 bridgehead atoms. The van der Waals surface area contributed by atoms with Gasteiger partial charge in [0.05, 0.1) is 13.3 Å². The zero-order chi connectivity index (χ0) is 24.6. The molecule has 0 fully saturated rings. The fourth-order valence-electron chi connectivity index (χ4n) is 4.71. The first-order valence-electron chi connectivity index (χ1n) is 12.2. The molecule has 4 heteroatoms. The van der Waals surface area contributed by atoms with Crippen molar-refractivity contribution in [2.45, 2.75) is 12.8 Å². The minimum absolute atomic E-state index is 0. The third-order valence-corrected chi connectivity index (χ3v) is 10.9. The molecular weight excluding hydrogens is 495 g/mol. The predicted molar refractivity (Wildman–Crippen MR) is 153 cm³/mol. The van der Waals surface area contributed by atoms with Gasteiger partial charge in [0, 0.05) is 0 Å². The fourth-order valence-corrected chi connectivity index (χ4v) is 8.94. The lowest BCUT2D eigenvalue weighted by Gasteiger charge is -2.28. The second-order valence-electron chi connectivity index (χ2n) is 8.73. The number of hydrogen-bond donors (Lipinski definition) is 0. The molecular formula is C33H30ClO2P. The van der Waals surface area contributed by atoms with Crippen molar-refractivity contribution in [3.8, 4) is 11.5 Å². The van der Waals surface area contributed by atoms with E-state index in [-0.39, 0.29) is 12.4 Å². The summed E-state index contributed by atoms with van der Waals surface area (Å²) >= 11 is 0. The lowest BCUT2D eigenvalue weighted by Crippen LogP contribution is -3.00. The number of methoxy groups -OCH3 is 1. The molecule has 0 radical (unpaired) electrons. The van der Waals surface area contributed by atoms with Gasteiger partial charge in [-0.3, -0.25) is 0 Å². The summed E-state index contributed by atoms with van der Waals surface area (Å²) in [4.78, 5) is 0. The number of rotatable bonds is 9. The maximum absolute atomic E-state index is 6.14. The highest BCUT2D eigenvalue weighted by Crippen LogP contribution is 2.58. The molecule has 0 aromatic heterocycles. The van der Waals surface area contributed by atoms with Gasteiger partial charge in [0.25, 0.3) is 0 Å². The molecule has 0 aliphatic carbocycles. The molecule has 0 amide bonds. The van der Waals surface area contributed by atoms with Gasteiger partial charge in [0.15, 0.2) is 11.5 Å². The summed E-state index contributed by atoms with van der Waals surface area (Å²) in [6.45, 7) is 0.505. The Bertz CT molecular complexity index is 1280. The zero-order valence-corrected chi connectivity index (χ0v) is 22.5. The first-order valence-corrected chi connectivity index (χ1v) is 14.2. The van der Waals surface area contributed by atoms with Crippen LogP contribution in [-0.4, -0.2) is 7.11 Å². The average Bonchev–Trinajstić information content (AvgIpc) is 2.97. The van der Waals surface area contributed by atoms with Crippen molar-refractivity contribution in [2.24, 2.45) is 0 Å². The average molecular weight is 525 g/mol. The van der Waals surface area contributed by atoms with Crippen molar-refractivity contribution >= 4 is 23.2 Å². The summed E-state index contributed by atoms with van der Waals surface area (Å²) < 4.78 is 11.9. The molecule has 2 nitrogen and oxygen atoms in total. The minimum Gasteiger partial charge on any atom is -1.00 e. The van der Waals surface area contributed by atoms with Crippen molar-refractivity contribution < 1.29 is 21.9 Å². The second-order valence-corrected chi connectivity index (χ2v) is 12.2. The van der Waals surface area contributed by atoms with Gasteiger partial charge >= 0.3 is 0 Å². The van der Waals surface area contributed by atoms with Gasteiger partial charge < -0.3 is 21.9 Å². The molecule has 0 aliphatic heterocycles. The van der Waals surface area contributed by atoms with E-state index in [1.54, 1.807) is 7.11 Å². The molecule has 0 saturated heterocycles. The van der Waals surface area contributed by atoms with E-state index in [9.17, 15) is 0 Å². The highest BCUT2D eigenvalue weighted by Gasteiger charge is 2.45. The minimum atomic E-state index is -1.98. The molecule has 0 aliphatic rings. The number of ether oxygens (including phenoxy) is 2. The molecule has 37 heavy (non-hydrogen) atoms. The van der Waals surface area contributed by atoms with Crippen molar-refractivity contribution in [3.05, 3.63) is 151 Å². The normalized spacial score (nSPS) is 10.8. The Hall–Kier alpha value is -3.58. The highest BCUT2D eigenvalue weighted by atomic mass is 35.5. The molecule has 0 atom stereocenters. The van der Waals surface area contributed by atoms with Gasteiger partial charge in [-0.1, -0.05) is 91.0 Å². The lowest BCUT2D eigenvalue weighted by atomic mass is 10.2. The molecule has 186 valence electrons. The van der Waals surface area contributed by atoms with Crippen LogP contribution in [0.5, 0.6) is 11.5 Å². The fraction of sp³-hybridized carbons (Fsp3) is 0.0909. The van der Waals surface area contributed by atoms with Crippen molar-refractivity contribution in [1.82, 2.24) is 0 Å². The van der Waals surface area contributed by atoms with E-state index in [2.05, 4.69) is 115 Å². The van der Waals surface area contributed by atoms with Crippen LogP contribution in [0.3, 0.4) is 0 Å². The first kappa shape index (κ1) is 26.5. The third kappa shape index (κ3) is 5.88. The first-order chi connectivity index (χ1) is 17.8. The van der Waals surface area contributed by atoms with Crippen LogP contribution in [0, 0.1) is 0 Å². The predicted octanol–water partition coefficient (Wildman–Crippen LogP) is 3.77. The topological polar surface area (TPSA) is 18.5 Å². The molecule has 0 saturated carbocycles. The summed E-state index contributed by atoms with van der Waals surface area (Å²) in [5.74, 6) is 1.52. The molecule has 0 N–H and O–H groups in total. The molecule has 0 unspecified atom stereocenters. The maximum atomic E-state index is 6.14. The highest BCUT2D eigenvalue weighted by molar-refractivity contribution is 7.95. The summed E-state index contributed by atoms with van der Waals surface area (Å²) in [5, 5.41) is 4.10. The van der Waals surface area contributed by atoms with Crippen LogP contribution in [0.15, 0.2) is 140 Å². The molecule has 5 aromatic rings. The van der Waals surface area contributed by atoms with E-state index < -0.39 is 7.26 Å². The Morgan fingerprint density at radius 2 is 0.973 bits per heavy atom. The molecule has 0 heterocycles. The Labute approximate surface area is 226 Å². The van der Waals surface area contributed by atoms with Crippen LogP contribution in [0.25, 0.3) is 0 Å². The van der Waals surface area contributed by atoms with Gasteiger partial charge in [-0.25, -0.2) is 0 Å². The Kier molecular flexibility index (Phi) is 9.01. The van der Waals surface area contributed by atoms with Gasteiger partial charge in [-0.15, -0.1) is 0 Å². The Morgan fingerprint density at radius 1 is 0.514 bits per heavy atom. The quantitative estimate of drug-likeness (QED) is 0.273. The van der Waals surface area contributed by atoms with Crippen molar-refractivity contribution in [2.75, 3.05) is 7.11 Å². The molecule has 5 aromatic carbocycles. The van der Waals surface area contributed by atoms with Gasteiger partial charge in [-0.05, 0) is 59.7 Å². The molecule has 0 spiro atoms. The monoisotopic (exact) mass is 524 g/mol. The standard InChI is InChI=1S/C33H30O2P.ClH/c1-34-33-24-28(22-23-32(33)35-25-27-14-6-2-7-15-27)26-36(29-16-8-3-9-17-29,30-18-10-4-11-19-30)31-20-12-5-13-21-31;/h2-24H,25-26H2,1H3;1H/q+1;/p-1.